The molecule has 5 aromatic rings. The first-order valence-corrected chi connectivity index (χ1v) is 15.5. The predicted molar refractivity (Wildman–Crippen MR) is 173 cm³/mol. The van der Waals surface area contributed by atoms with Crippen LogP contribution in [0.25, 0.3) is 17.0 Å². The Kier molecular flexibility index (Phi) is 7.90. The van der Waals surface area contributed by atoms with Crippen molar-refractivity contribution in [2.45, 2.75) is 46.2 Å². The summed E-state index contributed by atoms with van der Waals surface area (Å²) in [6, 6.07) is 25.3. The highest BCUT2D eigenvalue weighted by atomic mass is 32.1. The summed E-state index contributed by atoms with van der Waals surface area (Å²) in [5.41, 5.74) is 6.15. The van der Waals surface area contributed by atoms with Gasteiger partial charge in [-0.1, -0.05) is 85.8 Å². The average molecular weight is 601 g/mol. The molecule has 0 radical (unpaired) electrons. The highest BCUT2D eigenvalue weighted by molar-refractivity contribution is 7.07. The molecule has 44 heavy (non-hydrogen) atoms. The lowest BCUT2D eigenvalue weighted by atomic mass is 9.93. The van der Waals surface area contributed by atoms with Gasteiger partial charge >= 0.3 is 5.97 Å². The van der Waals surface area contributed by atoms with Crippen molar-refractivity contribution in [3.63, 3.8) is 0 Å². The number of benzene rings is 3. The Bertz CT molecular complexity index is 2160. The molecule has 0 N–H and O–H groups in total. The van der Waals surface area contributed by atoms with Crippen molar-refractivity contribution in [1.29, 1.82) is 5.26 Å². The zero-order valence-electron chi connectivity index (χ0n) is 25.1. The topological polar surface area (TPSA) is 89.4 Å². The Balaban J connectivity index is 1.51. The normalized spacial score (nSPS) is 14.9. The van der Waals surface area contributed by atoms with Crippen LogP contribution >= 0.6 is 11.3 Å². The van der Waals surface area contributed by atoms with Crippen molar-refractivity contribution in [2.24, 2.45) is 4.99 Å². The third-order valence-corrected chi connectivity index (χ3v) is 9.00. The van der Waals surface area contributed by atoms with Gasteiger partial charge in [-0.15, -0.1) is 0 Å². The van der Waals surface area contributed by atoms with Crippen molar-refractivity contribution in [1.82, 2.24) is 9.13 Å². The average Bonchev–Trinajstić information content (AvgIpc) is 3.52. The lowest BCUT2D eigenvalue weighted by molar-refractivity contribution is -0.139. The monoisotopic (exact) mass is 600 g/mol. The smallest absolute Gasteiger partial charge is 0.338 e. The standard InChI is InChI=1S/C36H32N4O3S/c1-5-43-35(42)32-23(4)38-36-40(33(32)25-16-14-24(15-17-25)22(2)3)34(41)31(44-36)18-28-21-39(30-13-9-8-12-29(28)30)20-27-11-7-6-10-26(27)19-37/h6-18,21-22,33H,5,20H2,1-4H3. The Labute approximate surface area is 259 Å². The molecular formula is C36H32N4O3S. The zero-order chi connectivity index (χ0) is 31.0. The number of aromatic nitrogens is 2. The van der Waals surface area contributed by atoms with Gasteiger partial charge in [-0.2, -0.15) is 5.26 Å². The van der Waals surface area contributed by atoms with E-state index in [0.717, 1.165) is 27.6 Å². The summed E-state index contributed by atoms with van der Waals surface area (Å²) < 4.78 is 9.69. The van der Waals surface area contributed by atoms with Gasteiger partial charge in [0.25, 0.3) is 5.56 Å². The predicted octanol–water partition coefficient (Wildman–Crippen LogP) is 5.80. The van der Waals surface area contributed by atoms with E-state index >= 15 is 0 Å². The molecule has 3 heterocycles. The summed E-state index contributed by atoms with van der Waals surface area (Å²) in [5, 5.41) is 10.6. The van der Waals surface area contributed by atoms with E-state index in [1.54, 1.807) is 18.4 Å². The number of ether oxygens (including phenoxy) is 1. The second kappa shape index (κ2) is 11.9. The van der Waals surface area contributed by atoms with Crippen LogP contribution in [0.15, 0.2) is 100 Å². The first-order valence-electron chi connectivity index (χ1n) is 14.7. The molecule has 3 aromatic carbocycles. The Morgan fingerprint density at radius 2 is 1.82 bits per heavy atom. The van der Waals surface area contributed by atoms with Crippen molar-refractivity contribution in [3.05, 3.63) is 138 Å². The summed E-state index contributed by atoms with van der Waals surface area (Å²) in [7, 11) is 0. The third-order valence-electron chi connectivity index (χ3n) is 8.02. The highest BCUT2D eigenvalue weighted by Gasteiger charge is 2.33. The number of carbonyl (C=O) groups excluding carboxylic acids is 1. The number of nitrogens with zero attached hydrogens (tertiary/aromatic N) is 4. The lowest BCUT2D eigenvalue weighted by Gasteiger charge is -2.25. The van der Waals surface area contributed by atoms with Crippen LogP contribution in [-0.2, 0) is 16.1 Å². The molecule has 1 atom stereocenters. The molecule has 1 unspecified atom stereocenters. The van der Waals surface area contributed by atoms with Gasteiger partial charge in [0.2, 0.25) is 0 Å². The second-order valence-electron chi connectivity index (χ2n) is 11.1. The van der Waals surface area contributed by atoms with E-state index in [4.69, 9.17) is 9.73 Å². The quantitative estimate of drug-likeness (QED) is 0.221. The van der Waals surface area contributed by atoms with E-state index in [-0.39, 0.29) is 12.2 Å². The van der Waals surface area contributed by atoms with Crippen LogP contribution in [0.3, 0.4) is 0 Å². The van der Waals surface area contributed by atoms with Crippen molar-refractivity contribution >= 4 is 34.3 Å². The lowest BCUT2D eigenvalue weighted by Crippen LogP contribution is -2.39. The fraction of sp³-hybridized carbons (Fsp3) is 0.222. The number of allylic oxidation sites excluding steroid dienone is 1. The minimum Gasteiger partial charge on any atom is -0.463 e. The van der Waals surface area contributed by atoms with Crippen LogP contribution in [0, 0.1) is 11.3 Å². The van der Waals surface area contributed by atoms with E-state index in [1.807, 2.05) is 85.1 Å². The molecule has 0 saturated carbocycles. The molecule has 1 aliphatic rings. The molecule has 8 heteroatoms. The Morgan fingerprint density at radius 3 is 2.55 bits per heavy atom. The van der Waals surface area contributed by atoms with E-state index < -0.39 is 12.0 Å². The number of para-hydroxylation sites is 1. The molecule has 0 saturated heterocycles. The van der Waals surface area contributed by atoms with Gasteiger partial charge in [-0.3, -0.25) is 9.36 Å². The number of hydrogen-bond acceptors (Lipinski definition) is 6. The number of esters is 1. The van der Waals surface area contributed by atoms with E-state index in [9.17, 15) is 14.9 Å². The maximum Gasteiger partial charge on any atom is 0.338 e. The largest absolute Gasteiger partial charge is 0.463 e. The highest BCUT2D eigenvalue weighted by Crippen LogP contribution is 2.32. The first kappa shape index (κ1) is 29.1. The van der Waals surface area contributed by atoms with Gasteiger partial charge in [0.05, 0.1) is 40.1 Å². The molecule has 0 fully saturated rings. The van der Waals surface area contributed by atoms with E-state index in [1.165, 1.54) is 16.9 Å². The molecule has 6 rings (SSSR count). The Morgan fingerprint density at radius 1 is 1.09 bits per heavy atom. The summed E-state index contributed by atoms with van der Waals surface area (Å²) in [4.78, 5) is 32.7. The number of rotatable bonds is 7. The first-order chi connectivity index (χ1) is 21.3. The summed E-state index contributed by atoms with van der Waals surface area (Å²) in [6.45, 7) is 8.57. The maximum absolute atomic E-state index is 14.2. The second-order valence-corrected chi connectivity index (χ2v) is 12.1. The SMILES string of the molecule is CCOC(=O)C1=C(C)N=c2sc(=Cc3cn(Cc4ccccc4C#N)c4ccccc34)c(=O)n2C1c1ccc(C(C)C)cc1. The van der Waals surface area contributed by atoms with Crippen LogP contribution in [-0.4, -0.2) is 21.7 Å². The molecule has 220 valence electrons. The molecular weight excluding hydrogens is 568 g/mol. The molecule has 1 aliphatic heterocycles. The van der Waals surface area contributed by atoms with Crippen molar-refractivity contribution < 1.29 is 9.53 Å². The number of fused-ring (bicyclic) bond motifs is 2. The maximum atomic E-state index is 14.2. The van der Waals surface area contributed by atoms with Crippen LogP contribution in [0.5, 0.6) is 0 Å². The molecule has 0 spiro atoms. The van der Waals surface area contributed by atoms with Crippen LogP contribution in [0.2, 0.25) is 0 Å². The van der Waals surface area contributed by atoms with Gasteiger partial charge < -0.3 is 9.30 Å². The minimum atomic E-state index is -0.655. The van der Waals surface area contributed by atoms with Gasteiger partial charge in [-0.05, 0) is 54.7 Å². The van der Waals surface area contributed by atoms with Gasteiger partial charge in [0.1, 0.15) is 0 Å². The van der Waals surface area contributed by atoms with Crippen molar-refractivity contribution in [3.8, 4) is 6.07 Å². The molecule has 2 aromatic heterocycles. The van der Waals surface area contributed by atoms with Crippen LogP contribution < -0.4 is 14.9 Å². The number of hydrogen-bond donors (Lipinski definition) is 0. The molecule has 0 bridgehead atoms. The number of carbonyl (C=O) groups is 1. The minimum absolute atomic E-state index is 0.215. The van der Waals surface area contributed by atoms with Crippen molar-refractivity contribution in [2.75, 3.05) is 6.61 Å². The summed E-state index contributed by atoms with van der Waals surface area (Å²) >= 11 is 1.31. The molecule has 7 nitrogen and oxygen atoms in total. The molecule has 0 amide bonds. The van der Waals surface area contributed by atoms with Gasteiger partial charge in [0, 0.05) is 29.2 Å². The van der Waals surface area contributed by atoms with Crippen LogP contribution in [0.1, 0.15) is 67.5 Å². The summed E-state index contributed by atoms with van der Waals surface area (Å²) in [5.74, 6) is -0.120. The van der Waals surface area contributed by atoms with Crippen LogP contribution in [0.4, 0.5) is 0 Å². The molecule has 0 aliphatic carbocycles. The Hall–Kier alpha value is -5.00. The van der Waals surface area contributed by atoms with Gasteiger partial charge in [-0.25, -0.2) is 9.79 Å². The zero-order valence-corrected chi connectivity index (χ0v) is 25.9. The number of thiazole rings is 1. The number of nitriles is 1. The van der Waals surface area contributed by atoms with Gasteiger partial charge in [0.15, 0.2) is 4.80 Å². The van der Waals surface area contributed by atoms with E-state index in [0.29, 0.717) is 38.6 Å². The summed E-state index contributed by atoms with van der Waals surface area (Å²) in [6.07, 6.45) is 3.93. The fourth-order valence-electron chi connectivity index (χ4n) is 5.78. The third kappa shape index (κ3) is 5.20. The fourth-order valence-corrected chi connectivity index (χ4v) is 6.82. The van der Waals surface area contributed by atoms with E-state index in [2.05, 4.69) is 24.5 Å².